The summed E-state index contributed by atoms with van der Waals surface area (Å²) in [7, 11) is 2.09. The van der Waals surface area contributed by atoms with Gasteiger partial charge in [-0.2, -0.15) is 0 Å². The van der Waals surface area contributed by atoms with Crippen molar-refractivity contribution in [3.8, 4) is 0 Å². The number of hydrogen-bond donors (Lipinski definition) is 1. The Morgan fingerprint density at radius 2 is 1.33 bits per heavy atom. The molecule has 1 N–H and O–H groups in total. The zero-order chi connectivity index (χ0) is 12.5. The van der Waals surface area contributed by atoms with E-state index in [1.807, 2.05) is 24.3 Å². The minimum atomic E-state index is -0.305. The van der Waals surface area contributed by atoms with Crippen molar-refractivity contribution in [2.45, 2.75) is 18.9 Å². The Morgan fingerprint density at radius 1 is 0.889 bits per heavy atom. The van der Waals surface area contributed by atoms with E-state index in [0.717, 1.165) is 12.8 Å². The van der Waals surface area contributed by atoms with Crippen LogP contribution >= 0.6 is 0 Å². The van der Waals surface area contributed by atoms with Crippen molar-refractivity contribution in [3.63, 3.8) is 0 Å². The van der Waals surface area contributed by atoms with Gasteiger partial charge in [0.15, 0.2) is 0 Å². The van der Waals surface area contributed by atoms with E-state index in [-0.39, 0.29) is 6.10 Å². The Morgan fingerprint density at radius 3 is 1.83 bits per heavy atom. The molecule has 0 saturated carbocycles. The van der Waals surface area contributed by atoms with Crippen molar-refractivity contribution >= 4 is 11.4 Å². The van der Waals surface area contributed by atoms with Gasteiger partial charge in [-0.3, -0.25) is 0 Å². The van der Waals surface area contributed by atoms with E-state index in [1.54, 1.807) is 0 Å². The maximum Gasteiger partial charge on any atom is 0.0622 e. The second-order valence-electron chi connectivity index (χ2n) is 4.88. The van der Waals surface area contributed by atoms with Crippen LogP contribution in [0.4, 0.5) is 11.4 Å². The largest absolute Gasteiger partial charge is 0.392 e. The molecule has 3 rings (SSSR count). The Hall–Kier alpha value is -1.80. The van der Waals surface area contributed by atoms with Crippen LogP contribution in [0.15, 0.2) is 48.5 Å². The van der Waals surface area contributed by atoms with E-state index in [9.17, 15) is 5.11 Å². The molecule has 1 heterocycles. The topological polar surface area (TPSA) is 23.5 Å². The van der Waals surface area contributed by atoms with Crippen LogP contribution in [0.25, 0.3) is 0 Å². The molecule has 1 aliphatic heterocycles. The number of rotatable bonds is 0. The van der Waals surface area contributed by atoms with Crippen LogP contribution in [0, 0.1) is 0 Å². The Bertz CT molecular complexity index is 515. The summed E-state index contributed by atoms with van der Waals surface area (Å²) in [5.41, 5.74) is 4.79. The third kappa shape index (κ3) is 1.89. The highest BCUT2D eigenvalue weighted by Crippen LogP contribution is 2.33. The Balaban J connectivity index is 2.17. The van der Waals surface area contributed by atoms with Crippen LogP contribution < -0.4 is 4.90 Å². The first-order valence-electron chi connectivity index (χ1n) is 6.33. The van der Waals surface area contributed by atoms with Gasteiger partial charge in [-0.25, -0.2) is 0 Å². The summed E-state index contributed by atoms with van der Waals surface area (Å²) in [5.74, 6) is 0. The van der Waals surface area contributed by atoms with Crippen molar-refractivity contribution in [2.24, 2.45) is 0 Å². The van der Waals surface area contributed by atoms with E-state index >= 15 is 0 Å². The third-order valence-electron chi connectivity index (χ3n) is 3.62. The standard InChI is InChI=1S/C16H17NO/c1-17-15-8-4-2-6-12(15)10-14(18)11-13-7-3-5-9-16(13)17/h2-9,14,18H,10-11H2,1H3. The van der Waals surface area contributed by atoms with E-state index < -0.39 is 0 Å². The van der Waals surface area contributed by atoms with E-state index in [4.69, 9.17) is 0 Å². The fraction of sp³-hybridized carbons (Fsp3) is 0.250. The number of aliphatic hydroxyl groups is 1. The van der Waals surface area contributed by atoms with Gasteiger partial charge in [-0.05, 0) is 23.3 Å². The lowest BCUT2D eigenvalue weighted by atomic mass is 9.95. The molecular weight excluding hydrogens is 222 g/mol. The predicted molar refractivity (Wildman–Crippen MR) is 74.4 cm³/mol. The smallest absolute Gasteiger partial charge is 0.0622 e. The molecule has 2 aromatic carbocycles. The molecule has 0 saturated heterocycles. The molecule has 0 aliphatic carbocycles. The first-order chi connectivity index (χ1) is 8.75. The normalized spacial score (nSPS) is 15.6. The molecule has 0 amide bonds. The summed E-state index contributed by atoms with van der Waals surface area (Å²) in [6, 6.07) is 16.6. The summed E-state index contributed by atoms with van der Waals surface area (Å²) in [6.45, 7) is 0. The average molecular weight is 239 g/mol. The highest BCUT2D eigenvalue weighted by atomic mass is 16.3. The van der Waals surface area contributed by atoms with Crippen LogP contribution in [0.3, 0.4) is 0 Å². The number of aliphatic hydroxyl groups excluding tert-OH is 1. The van der Waals surface area contributed by atoms with Crippen molar-refractivity contribution in [3.05, 3.63) is 59.7 Å². The van der Waals surface area contributed by atoms with Gasteiger partial charge < -0.3 is 10.0 Å². The number of fused-ring (bicyclic) bond motifs is 2. The molecule has 0 unspecified atom stereocenters. The van der Waals surface area contributed by atoms with Crippen molar-refractivity contribution < 1.29 is 5.11 Å². The fourth-order valence-corrected chi connectivity index (χ4v) is 2.73. The summed E-state index contributed by atoms with van der Waals surface area (Å²) in [5, 5.41) is 10.2. The first-order valence-corrected chi connectivity index (χ1v) is 6.33. The summed E-state index contributed by atoms with van der Waals surface area (Å²) >= 11 is 0. The summed E-state index contributed by atoms with van der Waals surface area (Å²) in [6.07, 6.45) is 1.13. The fourth-order valence-electron chi connectivity index (χ4n) is 2.73. The SMILES string of the molecule is CN1c2ccccc2CC(O)Cc2ccccc21. The maximum absolute atomic E-state index is 10.2. The predicted octanol–water partition coefficient (Wildman–Crippen LogP) is 2.91. The monoisotopic (exact) mass is 239 g/mol. The van der Waals surface area contributed by atoms with Gasteiger partial charge in [-0.15, -0.1) is 0 Å². The van der Waals surface area contributed by atoms with E-state index in [0.29, 0.717) is 0 Å². The molecule has 1 aliphatic rings. The Kier molecular flexibility index (Phi) is 2.80. The molecule has 0 atom stereocenters. The molecule has 92 valence electrons. The van der Waals surface area contributed by atoms with Crippen LogP contribution in [-0.4, -0.2) is 18.3 Å². The van der Waals surface area contributed by atoms with E-state index in [1.165, 1.54) is 22.5 Å². The second kappa shape index (κ2) is 4.46. The van der Waals surface area contributed by atoms with Crippen molar-refractivity contribution in [1.82, 2.24) is 0 Å². The van der Waals surface area contributed by atoms with Crippen LogP contribution in [-0.2, 0) is 12.8 Å². The molecule has 0 fully saturated rings. The van der Waals surface area contributed by atoms with Gasteiger partial charge in [0.25, 0.3) is 0 Å². The quantitative estimate of drug-likeness (QED) is 0.764. The van der Waals surface area contributed by atoms with Crippen molar-refractivity contribution in [2.75, 3.05) is 11.9 Å². The molecule has 2 nitrogen and oxygen atoms in total. The van der Waals surface area contributed by atoms with Gasteiger partial charge in [0.2, 0.25) is 0 Å². The van der Waals surface area contributed by atoms with Crippen molar-refractivity contribution in [1.29, 1.82) is 0 Å². The minimum Gasteiger partial charge on any atom is -0.392 e. The van der Waals surface area contributed by atoms with Gasteiger partial charge >= 0.3 is 0 Å². The number of benzene rings is 2. The van der Waals surface area contributed by atoms with Gasteiger partial charge in [0.05, 0.1) is 6.10 Å². The van der Waals surface area contributed by atoms with Gasteiger partial charge in [-0.1, -0.05) is 36.4 Å². The molecular formula is C16H17NO. The zero-order valence-corrected chi connectivity index (χ0v) is 10.5. The van der Waals surface area contributed by atoms with E-state index in [2.05, 4.69) is 36.2 Å². The number of nitrogens with zero attached hydrogens (tertiary/aromatic N) is 1. The lowest BCUT2D eigenvalue weighted by Crippen LogP contribution is -2.23. The van der Waals surface area contributed by atoms with Gasteiger partial charge in [0, 0.05) is 31.3 Å². The number of para-hydroxylation sites is 2. The number of hydrogen-bond acceptors (Lipinski definition) is 2. The molecule has 2 heteroatoms. The molecule has 0 bridgehead atoms. The minimum absolute atomic E-state index is 0.305. The lowest BCUT2D eigenvalue weighted by molar-refractivity contribution is 0.175. The van der Waals surface area contributed by atoms with Crippen LogP contribution in [0.2, 0.25) is 0 Å². The summed E-state index contributed by atoms with van der Waals surface area (Å²) < 4.78 is 0. The molecule has 0 aromatic heterocycles. The Labute approximate surface area is 107 Å². The lowest BCUT2D eigenvalue weighted by Gasteiger charge is -2.29. The average Bonchev–Trinajstić information content (AvgIpc) is 2.38. The zero-order valence-electron chi connectivity index (χ0n) is 10.5. The highest BCUT2D eigenvalue weighted by molar-refractivity contribution is 5.69. The van der Waals surface area contributed by atoms with Gasteiger partial charge in [0.1, 0.15) is 0 Å². The second-order valence-corrected chi connectivity index (χ2v) is 4.88. The number of anilines is 2. The highest BCUT2D eigenvalue weighted by Gasteiger charge is 2.19. The maximum atomic E-state index is 10.2. The van der Waals surface area contributed by atoms with Crippen LogP contribution in [0.5, 0.6) is 0 Å². The molecule has 0 radical (unpaired) electrons. The first kappa shape index (κ1) is 11.3. The van der Waals surface area contributed by atoms with Crippen LogP contribution in [0.1, 0.15) is 11.1 Å². The third-order valence-corrected chi connectivity index (χ3v) is 3.62. The molecule has 18 heavy (non-hydrogen) atoms. The molecule has 2 aromatic rings. The summed E-state index contributed by atoms with van der Waals surface area (Å²) in [4.78, 5) is 2.22. The molecule has 0 spiro atoms.